The van der Waals surface area contributed by atoms with Gasteiger partial charge in [-0.15, -0.1) is 0 Å². The predicted molar refractivity (Wildman–Crippen MR) is 88.8 cm³/mol. The Morgan fingerprint density at radius 3 is 2.57 bits per heavy atom. The summed E-state index contributed by atoms with van der Waals surface area (Å²) < 4.78 is 5.47. The van der Waals surface area contributed by atoms with E-state index in [-0.39, 0.29) is 11.9 Å². The fourth-order valence-electron chi connectivity index (χ4n) is 2.63. The molecule has 0 aliphatic carbocycles. The van der Waals surface area contributed by atoms with E-state index in [4.69, 9.17) is 4.74 Å². The van der Waals surface area contributed by atoms with E-state index in [9.17, 15) is 4.79 Å². The third kappa shape index (κ3) is 3.94. The molecule has 5 nitrogen and oxygen atoms in total. The molecule has 1 saturated heterocycles. The zero-order chi connectivity index (χ0) is 16.1. The van der Waals surface area contributed by atoms with Gasteiger partial charge in [-0.25, -0.2) is 0 Å². The molecule has 1 aromatic carbocycles. The number of ether oxygens (including phenoxy) is 1. The highest BCUT2D eigenvalue weighted by Gasteiger charge is 2.23. The van der Waals surface area contributed by atoms with Gasteiger partial charge in [0.15, 0.2) is 0 Å². The largest absolute Gasteiger partial charge is 0.366 e. The van der Waals surface area contributed by atoms with E-state index in [1.54, 1.807) is 12.4 Å². The maximum atomic E-state index is 12.2. The number of carbonyl (C=O) groups excluding carboxylic acids is 1. The van der Waals surface area contributed by atoms with Crippen LogP contribution in [0, 0.1) is 0 Å². The average Bonchev–Trinajstić information content (AvgIpc) is 2.63. The Morgan fingerprint density at radius 2 is 1.91 bits per heavy atom. The number of nitrogens with zero attached hydrogens (tertiary/aromatic N) is 1. The third-order valence-corrected chi connectivity index (χ3v) is 4.00. The number of rotatable bonds is 4. The zero-order valence-corrected chi connectivity index (χ0v) is 13.2. The number of hydrogen-bond donors (Lipinski definition) is 2. The number of pyridine rings is 1. The third-order valence-electron chi connectivity index (χ3n) is 4.00. The smallest absolute Gasteiger partial charge is 0.250 e. The summed E-state index contributed by atoms with van der Waals surface area (Å²) in [4.78, 5) is 16.2. The first-order chi connectivity index (χ1) is 11.2. The first kappa shape index (κ1) is 15.6. The van der Waals surface area contributed by atoms with Gasteiger partial charge in [0.05, 0.1) is 12.6 Å². The Bertz CT molecular complexity index is 637. The lowest BCUT2D eigenvalue weighted by molar-refractivity contribution is -0.134. The molecular weight excluding hydrogens is 290 g/mol. The topological polar surface area (TPSA) is 63.2 Å². The van der Waals surface area contributed by atoms with Gasteiger partial charge in [-0.3, -0.25) is 9.78 Å². The fraction of sp³-hybridized carbons (Fsp3) is 0.333. The van der Waals surface area contributed by atoms with Crippen molar-refractivity contribution in [2.24, 2.45) is 0 Å². The number of nitrogens with one attached hydrogen (secondary N) is 2. The van der Waals surface area contributed by atoms with Crippen molar-refractivity contribution in [3.05, 3.63) is 54.4 Å². The average molecular weight is 311 g/mol. The maximum Gasteiger partial charge on any atom is 0.250 e. The Morgan fingerprint density at radius 1 is 1.22 bits per heavy atom. The molecule has 0 radical (unpaired) electrons. The summed E-state index contributed by atoms with van der Waals surface area (Å²) in [6.45, 7) is 3.93. The van der Waals surface area contributed by atoms with Crippen LogP contribution in [0.2, 0.25) is 0 Å². The highest BCUT2D eigenvalue weighted by Crippen LogP contribution is 2.21. The van der Waals surface area contributed by atoms with E-state index in [0.717, 1.165) is 23.2 Å². The number of amides is 1. The first-order valence-corrected chi connectivity index (χ1v) is 7.87. The molecule has 0 spiro atoms. The molecule has 2 atom stereocenters. The molecule has 0 bridgehead atoms. The number of hydrogen-bond acceptors (Lipinski definition) is 4. The highest BCUT2D eigenvalue weighted by atomic mass is 16.5. The molecule has 1 aliphatic heterocycles. The van der Waals surface area contributed by atoms with Crippen molar-refractivity contribution in [2.45, 2.75) is 19.1 Å². The Labute approximate surface area is 136 Å². The van der Waals surface area contributed by atoms with Gasteiger partial charge < -0.3 is 15.4 Å². The van der Waals surface area contributed by atoms with Gasteiger partial charge in [-0.2, -0.15) is 0 Å². The zero-order valence-electron chi connectivity index (χ0n) is 13.2. The monoisotopic (exact) mass is 311 g/mol. The summed E-state index contributed by atoms with van der Waals surface area (Å²) in [5, 5.41) is 6.17. The van der Waals surface area contributed by atoms with E-state index < -0.39 is 6.10 Å². The standard InChI is InChI=1S/C18H21N3O2/c1-13(21-18(22)17-12-20-10-11-23-17)14-2-4-15(5-3-14)16-6-8-19-9-7-16/h2-9,13,17,20H,10-12H2,1H3,(H,21,22). The molecule has 2 aromatic rings. The predicted octanol–water partition coefficient (Wildman–Crippen LogP) is 1.91. The van der Waals surface area contributed by atoms with Crippen LogP contribution in [0.25, 0.3) is 11.1 Å². The Hall–Kier alpha value is -2.24. The van der Waals surface area contributed by atoms with Gasteiger partial charge in [0.25, 0.3) is 5.91 Å². The molecular formula is C18H21N3O2. The van der Waals surface area contributed by atoms with Gasteiger partial charge in [-0.05, 0) is 35.7 Å². The summed E-state index contributed by atoms with van der Waals surface area (Å²) in [5.74, 6) is -0.0667. The van der Waals surface area contributed by atoms with Crippen molar-refractivity contribution >= 4 is 5.91 Å². The van der Waals surface area contributed by atoms with E-state index >= 15 is 0 Å². The number of benzene rings is 1. The van der Waals surface area contributed by atoms with Crippen molar-refractivity contribution in [1.29, 1.82) is 0 Å². The summed E-state index contributed by atoms with van der Waals surface area (Å²) in [6.07, 6.45) is 3.16. The molecule has 2 N–H and O–H groups in total. The van der Waals surface area contributed by atoms with Crippen LogP contribution in [-0.4, -0.2) is 36.7 Å². The Kier molecular flexibility index (Phi) is 5.00. The summed E-state index contributed by atoms with van der Waals surface area (Å²) >= 11 is 0. The molecule has 1 aromatic heterocycles. The van der Waals surface area contributed by atoms with Crippen LogP contribution in [0.3, 0.4) is 0 Å². The fourth-order valence-corrected chi connectivity index (χ4v) is 2.63. The molecule has 3 rings (SSSR count). The van der Waals surface area contributed by atoms with Crippen molar-refractivity contribution in [3.63, 3.8) is 0 Å². The van der Waals surface area contributed by atoms with Gasteiger partial charge in [0.1, 0.15) is 6.10 Å². The second kappa shape index (κ2) is 7.35. The minimum absolute atomic E-state index is 0.0560. The van der Waals surface area contributed by atoms with Crippen LogP contribution in [0.5, 0.6) is 0 Å². The second-order valence-electron chi connectivity index (χ2n) is 5.65. The molecule has 2 unspecified atom stereocenters. The normalized spacial score (nSPS) is 19.1. The van der Waals surface area contributed by atoms with Crippen LogP contribution >= 0.6 is 0 Å². The minimum Gasteiger partial charge on any atom is -0.366 e. The Balaban J connectivity index is 1.63. The van der Waals surface area contributed by atoms with Crippen LogP contribution in [0.4, 0.5) is 0 Å². The highest BCUT2D eigenvalue weighted by molar-refractivity contribution is 5.81. The van der Waals surface area contributed by atoms with Gasteiger partial charge in [0, 0.05) is 25.5 Å². The number of aromatic nitrogens is 1. The van der Waals surface area contributed by atoms with Crippen molar-refractivity contribution < 1.29 is 9.53 Å². The summed E-state index contributed by atoms with van der Waals surface area (Å²) in [5.41, 5.74) is 3.33. The van der Waals surface area contributed by atoms with Crippen molar-refractivity contribution in [1.82, 2.24) is 15.6 Å². The molecule has 120 valence electrons. The van der Waals surface area contributed by atoms with Crippen LogP contribution in [0.1, 0.15) is 18.5 Å². The van der Waals surface area contributed by atoms with Gasteiger partial charge >= 0.3 is 0 Å². The number of carbonyl (C=O) groups is 1. The second-order valence-corrected chi connectivity index (χ2v) is 5.65. The summed E-state index contributed by atoms with van der Waals surface area (Å²) in [6, 6.07) is 12.1. The molecule has 1 aliphatic rings. The van der Waals surface area contributed by atoms with Crippen molar-refractivity contribution in [3.8, 4) is 11.1 Å². The van der Waals surface area contributed by atoms with Crippen LogP contribution < -0.4 is 10.6 Å². The van der Waals surface area contributed by atoms with E-state index in [1.165, 1.54) is 0 Å². The molecule has 23 heavy (non-hydrogen) atoms. The molecule has 5 heteroatoms. The summed E-state index contributed by atoms with van der Waals surface area (Å²) in [7, 11) is 0. The minimum atomic E-state index is -0.401. The van der Waals surface area contributed by atoms with E-state index in [0.29, 0.717) is 13.2 Å². The van der Waals surface area contributed by atoms with Crippen molar-refractivity contribution in [2.75, 3.05) is 19.7 Å². The first-order valence-electron chi connectivity index (χ1n) is 7.87. The van der Waals surface area contributed by atoms with Crippen LogP contribution in [0.15, 0.2) is 48.8 Å². The molecule has 1 fully saturated rings. The van der Waals surface area contributed by atoms with Crippen LogP contribution in [-0.2, 0) is 9.53 Å². The van der Waals surface area contributed by atoms with Gasteiger partial charge in [-0.1, -0.05) is 24.3 Å². The SMILES string of the molecule is CC(NC(=O)C1CNCCO1)c1ccc(-c2ccncc2)cc1. The lowest BCUT2D eigenvalue weighted by Crippen LogP contribution is -2.48. The number of morpholine rings is 1. The molecule has 1 amide bonds. The maximum absolute atomic E-state index is 12.2. The van der Waals surface area contributed by atoms with E-state index in [1.807, 2.05) is 31.2 Å². The van der Waals surface area contributed by atoms with Gasteiger partial charge in [0.2, 0.25) is 0 Å². The quantitative estimate of drug-likeness (QED) is 0.905. The molecule has 2 heterocycles. The molecule has 0 saturated carbocycles. The lowest BCUT2D eigenvalue weighted by Gasteiger charge is -2.24. The van der Waals surface area contributed by atoms with E-state index in [2.05, 4.69) is 27.8 Å². The lowest BCUT2D eigenvalue weighted by atomic mass is 10.0.